The second kappa shape index (κ2) is 6.33. The van der Waals surface area contributed by atoms with Gasteiger partial charge in [-0.15, -0.1) is 0 Å². The third-order valence-electron chi connectivity index (χ3n) is 4.66. The van der Waals surface area contributed by atoms with E-state index in [-0.39, 0.29) is 11.6 Å². The molecule has 18 heavy (non-hydrogen) atoms. The molecular formula is C14H28N2O2. The Bertz CT molecular complexity index is 246. The fourth-order valence-electron chi connectivity index (χ4n) is 3.00. The van der Waals surface area contributed by atoms with Crippen molar-refractivity contribution >= 4 is 0 Å². The van der Waals surface area contributed by atoms with Gasteiger partial charge in [0.15, 0.2) is 0 Å². The van der Waals surface area contributed by atoms with Crippen LogP contribution in [0.3, 0.4) is 0 Å². The van der Waals surface area contributed by atoms with E-state index in [0.717, 1.165) is 51.9 Å². The predicted octanol–water partition coefficient (Wildman–Crippen LogP) is 1.24. The molecule has 2 N–H and O–H groups in total. The Balaban J connectivity index is 1.86. The van der Waals surface area contributed by atoms with E-state index >= 15 is 0 Å². The molecule has 0 aliphatic carbocycles. The van der Waals surface area contributed by atoms with Crippen LogP contribution in [0.15, 0.2) is 0 Å². The van der Waals surface area contributed by atoms with Gasteiger partial charge in [-0.3, -0.25) is 4.90 Å². The normalized spacial score (nSPS) is 26.2. The van der Waals surface area contributed by atoms with Crippen molar-refractivity contribution in [1.82, 2.24) is 4.90 Å². The van der Waals surface area contributed by atoms with Crippen molar-refractivity contribution in [1.29, 1.82) is 0 Å². The molecular weight excluding hydrogens is 228 g/mol. The molecule has 2 fully saturated rings. The molecule has 106 valence electrons. The third-order valence-corrected chi connectivity index (χ3v) is 4.66. The summed E-state index contributed by atoms with van der Waals surface area (Å²) in [5, 5.41) is 0. The Labute approximate surface area is 111 Å². The number of nitrogens with zero attached hydrogens (tertiary/aromatic N) is 1. The van der Waals surface area contributed by atoms with Gasteiger partial charge in [0.2, 0.25) is 0 Å². The van der Waals surface area contributed by atoms with Crippen LogP contribution in [0.1, 0.15) is 33.1 Å². The van der Waals surface area contributed by atoms with Gasteiger partial charge in [0.05, 0.1) is 13.2 Å². The zero-order valence-electron chi connectivity index (χ0n) is 11.9. The summed E-state index contributed by atoms with van der Waals surface area (Å²) in [6.07, 6.45) is 3.47. The molecule has 0 spiro atoms. The Morgan fingerprint density at radius 2 is 1.67 bits per heavy atom. The van der Waals surface area contributed by atoms with Crippen molar-refractivity contribution in [2.75, 3.05) is 39.5 Å². The Morgan fingerprint density at radius 3 is 2.28 bits per heavy atom. The first-order valence-corrected chi connectivity index (χ1v) is 7.27. The first-order chi connectivity index (χ1) is 8.60. The second-order valence-corrected chi connectivity index (χ2v) is 6.15. The quantitative estimate of drug-likeness (QED) is 0.822. The molecule has 2 aliphatic rings. The van der Waals surface area contributed by atoms with Crippen molar-refractivity contribution in [3.05, 3.63) is 0 Å². The summed E-state index contributed by atoms with van der Waals surface area (Å²) in [6, 6.07) is 0.235. The maximum Gasteiger partial charge on any atom is 0.0594 e. The van der Waals surface area contributed by atoms with E-state index in [1.807, 2.05) is 0 Å². The van der Waals surface area contributed by atoms with Crippen molar-refractivity contribution in [2.45, 2.75) is 44.7 Å². The van der Waals surface area contributed by atoms with E-state index in [4.69, 9.17) is 15.2 Å². The van der Waals surface area contributed by atoms with Crippen LogP contribution in [0.2, 0.25) is 0 Å². The maximum absolute atomic E-state index is 6.49. The lowest BCUT2D eigenvalue weighted by Gasteiger charge is -2.45. The Hall–Kier alpha value is -0.160. The molecule has 0 saturated carbocycles. The zero-order valence-corrected chi connectivity index (χ0v) is 11.9. The first-order valence-electron chi connectivity index (χ1n) is 7.27. The lowest BCUT2D eigenvalue weighted by molar-refractivity contribution is -0.0241. The van der Waals surface area contributed by atoms with Crippen LogP contribution < -0.4 is 5.73 Å². The zero-order chi connectivity index (χ0) is 13.0. The highest BCUT2D eigenvalue weighted by Crippen LogP contribution is 2.27. The molecule has 0 aromatic carbocycles. The minimum absolute atomic E-state index is 0.0715. The van der Waals surface area contributed by atoms with Crippen LogP contribution in [-0.2, 0) is 9.47 Å². The molecule has 4 heteroatoms. The van der Waals surface area contributed by atoms with E-state index in [9.17, 15) is 0 Å². The van der Waals surface area contributed by atoms with Crippen LogP contribution in [0, 0.1) is 5.92 Å². The number of nitrogens with two attached hydrogens (primary N) is 1. The van der Waals surface area contributed by atoms with Gasteiger partial charge < -0.3 is 15.2 Å². The van der Waals surface area contributed by atoms with Crippen molar-refractivity contribution in [3.63, 3.8) is 0 Å². The molecule has 0 bridgehead atoms. The molecule has 2 aliphatic heterocycles. The fraction of sp³-hybridized carbons (Fsp3) is 1.00. The lowest BCUT2D eigenvalue weighted by atomic mass is 9.83. The molecule has 0 aromatic rings. The summed E-state index contributed by atoms with van der Waals surface area (Å²) in [5.74, 6) is 0.745. The van der Waals surface area contributed by atoms with Crippen molar-refractivity contribution < 1.29 is 9.47 Å². The van der Waals surface area contributed by atoms with Gasteiger partial charge >= 0.3 is 0 Å². The number of morpholine rings is 1. The smallest absolute Gasteiger partial charge is 0.0594 e. The summed E-state index contributed by atoms with van der Waals surface area (Å²) in [5.41, 5.74) is 6.56. The SMILES string of the molecule is CC(C)(C(N)CC1CCOCC1)N1CCOCC1. The van der Waals surface area contributed by atoms with Crippen LogP contribution >= 0.6 is 0 Å². The first kappa shape index (κ1) is 14.3. The maximum atomic E-state index is 6.49. The summed E-state index contributed by atoms with van der Waals surface area (Å²) < 4.78 is 10.8. The van der Waals surface area contributed by atoms with Gasteiger partial charge in [0, 0.05) is 37.9 Å². The van der Waals surface area contributed by atoms with Crippen molar-refractivity contribution in [2.24, 2.45) is 11.7 Å². The topological polar surface area (TPSA) is 47.7 Å². The highest BCUT2D eigenvalue weighted by Gasteiger charge is 2.35. The summed E-state index contributed by atoms with van der Waals surface area (Å²) in [7, 11) is 0. The summed E-state index contributed by atoms with van der Waals surface area (Å²) in [4.78, 5) is 2.49. The number of ether oxygens (including phenoxy) is 2. The standard InChI is InChI=1S/C14H28N2O2/c1-14(2,16-5-9-18-10-6-16)13(15)11-12-3-7-17-8-4-12/h12-13H,3-11,15H2,1-2H3. The summed E-state index contributed by atoms with van der Waals surface area (Å²) >= 11 is 0. The number of hydrogen-bond acceptors (Lipinski definition) is 4. The molecule has 4 nitrogen and oxygen atoms in total. The van der Waals surface area contributed by atoms with E-state index in [0.29, 0.717) is 0 Å². The highest BCUT2D eigenvalue weighted by molar-refractivity contribution is 4.93. The molecule has 1 unspecified atom stereocenters. The molecule has 1 atom stereocenters. The third kappa shape index (κ3) is 3.44. The van der Waals surface area contributed by atoms with Gasteiger partial charge in [-0.2, -0.15) is 0 Å². The van der Waals surface area contributed by atoms with Crippen molar-refractivity contribution in [3.8, 4) is 0 Å². The molecule has 2 heterocycles. The van der Waals surface area contributed by atoms with E-state index in [1.54, 1.807) is 0 Å². The average molecular weight is 256 g/mol. The van der Waals surface area contributed by atoms with Crippen LogP contribution in [0.5, 0.6) is 0 Å². The Morgan fingerprint density at radius 1 is 1.11 bits per heavy atom. The van der Waals surface area contributed by atoms with Gasteiger partial charge in [-0.1, -0.05) is 0 Å². The summed E-state index contributed by atoms with van der Waals surface area (Å²) in [6.45, 7) is 10.1. The molecule has 0 aromatic heterocycles. The lowest BCUT2D eigenvalue weighted by Crippen LogP contribution is -2.59. The average Bonchev–Trinajstić information content (AvgIpc) is 2.41. The van der Waals surface area contributed by atoms with Crippen LogP contribution in [-0.4, -0.2) is 56.0 Å². The second-order valence-electron chi connectivity index (χ2n) is 6.15. The molecule has 0 amide bonds. The minimum Gasteiger partial charge on any atom is -0.381 e. The van der Waals surface area contributed by atoms with Gasteiger partial charge in [0.1, 0.15) is 0 Å². The van der Waals surface area contributed by atoms with E-state index < -0.39 is 0 Å². The van der Waals surface area contributed by atoms with E-state index in [2.05, 4.69) is 18.7 Å². The monoisotopic (exact) mass is 256 g/mol. The van der Waals surface area contributed by atoms with Crippen LogP contribution in [0.25, 0.3) is 0 Å². The van der Waals surface area contributed by atoms with E-state index in [1.165, 1.54) is 12.8 Å². The van der Waals surface area contributed by atoms with Gasteiger partial charge in [-0.05, 0) is 39.0 Å². The fourth-order valence-corrected chi connectivity index (χ4v) is 3.00. The minimum atomic E-state index is 0.0715. The molecule has 0 radical (unpaired) electrons. The van der Waals surface area contributed by atoms with Crippen LogP contribution in [0.4, 0.5) is 0 Å². The number of rotatable bonds is 4. The van der Waals surface area contributed by atoms with Gasteiger partial charge in [0.25, 0.3) is 0 Å². The predicted molar refractivity (Wildman–Crippen MR) is 72.6 cm³/mol. The molecule has 2 rings (SSSR count). The number of hydrogen-bond donors (Lipinski definition) is 1. The Kier molecular flexibility index (Phi) is 5.01. The van der Waals surface area contributed by atoms with Gasteiger partial charge in [-0.25, -0.2) is 0 Å². The molecule has 2 saturated heterocycles. The highest BCUT2D eigenvalue weighted by atomic mass is 16.5. The largest absolute Gasteiger partial charge is 0.381 e.